The van der Waals surface area contributed by atoms with Gasteiger partial charge in [-0.05, 0) is 43.3 Å². The van der Waals surface area contributed by atoms with E-state index in [9.17, 15) is 0 Å². The van der Waals surface area contributed by atoms with Gasteiger partial charge in [-0.1, -0.05) is 23.2 Å². The molecule has 4 heterocycles. The molecule has 1 aliphatic rings. The molecule has 0 fully saturated rings. The number of benzene rings is 2. The van der Waals surface area contributed by atoms with Crippen LogP contribution in [-0.4, -0.2) is 21.9 Å². The van der Waals surface area contributed by atoms with E-state index in [1.165, 1.54) is 0 Å². The van der Waals surface area contributed by atoms with Crippen molar-refractivity contribution in [3.05, 3.63) is 110 Å². The Morgan fingerprint density at radius 2 is 1.72 bits per heavy atom. The Kier molecular flexibility index (Phi) is 6.64. The van der Waals surface area contributed by atoms with Crippen molar-refractivity contribution in [1.82, 2.24) is 14.9 Å². The number of pyridine rings is 2. The quantitative estimate of drug-likeness (QED) is 0.246. The molecule has 5 aromatic rings. The maximum absolute atomic E-state index is 5.87. The molecule has 5 nitrogen and oxygen atoms in total. The summed E-state index contributed by atoms with van der Waals surface area (Å²) >= 11 is 0. The number of hydrogen-bond donors (Lipinski definition) is 0. The molecule has 0 unspecified atom stereocenters. The smallest absolute Gasteiger partial charge is 0.510 e. The first-order chi connectivity index (χ1) is 15.3. The average molecular weight is 596 g/mol. The standard InChI is InChI=1S/C15H11N3O.C11H8N.Ir/c1-17-8-9-18(10-17)13-6-2-4-11-12-5-3-7-16-15(12)19-14(11)13;1-2-6-10(7-3-1)11-8-4-5-9-12-11;/h2-5,7-10H,1H3;1-6,8-9H;/q-2;-1;+3. The van der Waals surface area contributed by atoms with Gasteiger partial charge in [0.15, 0.2) is 0 Å². The van der Waals surface area contributed by atoms with Crippen molar-refractivity contribution >= 4 is 27.8 Å². The first kappa shape index (κ1) is 21.7. The van der Waals surface area contributed by atoms with Crippen LogP contribution < -0.4 is 4.90 Å². The Bertz CT molecular complexity index is 1300. The second-order valence-corrected chi connectivity index (χ2v) is 7.00. The van der Waals surface area contributed by atoms with Gasteiger partial charge in [0.25, 0.3) is 0 Å². The van der Waals surface area contributed by atoms with Crippen LogP contribution in [0.5, 0.6) is 0 Å². The Labute approximate surface area is 200 Å². The molecule has 0 bridgehead atoms. The molecule has 0 amide bonds. The molecule has 0 N–H and O–H groups in total. The molecule has 0 saturated heterocycles. The number of furan rings is 1. The van der Waals surface area contributed by atoms with Gasteiger partial charge >= 0.3 is 20.1 Å². The summed E-state index contributed by atoms with van der Waals surface area (Å²) in [6, 6.07) is 27.9. The number of rotatable bonds is 2. The van der Waals surface area contributed by atoms with Crippen LogP contribution in [0.3, 0.4) is 0 Å². The zero-order valence-electron chi connectivity index (χ0n) is 17.3. The number of anilines is 1. The van der Waals surface area contributed by atoms with Crippen LogP contribution in [0.4, 0.5) is 5.69 Å². The fraction of sp³-hybridized carbons (Fsp3) is 0.0385. The third kappa shape index (κ3) is 4.42. The van der Waals surface area contributed by atoms with E-state index in [1.807, 2.05) is 103 Å². The van der Waals surface area contributed by atoms with Crippen LogP contribution in [-0.2, 0) is 20.1 Å². The molecule has 0 aliphatic carbocycles. The molecule has 0 spiro atoms. The first-order valence-corrected chi connectivity index (χ1v) is 9.89. The van der Waals surface area contributed by atoms with Gasteiger partial charge in [-0.15, -0.1) is 35.9 Å². The molecule has 0 atom stereocenters. The van der Waals surface area contributed by atoms with Crippen molar-refractivity contribution in [3.63, 3.8) is 0 Å². The van der Waals surface area contributed by atoms with Crippen molar-refractivity contribution < 1.29 is 24.5 Å². The van der Waals surface area contributed by atoms with E-state index in [1.54, 1.807) is 12.4 Å². The van der Waals surface area contributed by atoms with Crippen LogP contribution in [0.2, 0.25) is 0 Å². The van der Waals surface area contributed by atoms with Crippen LogP contribution in [0.25, 0.3) is 33.3 Å². The summed E-state index contributed by atoms with van der Waals surface area (Å²) in [5, 5.41) is 2.09. The molecular formula is C26H19IrN4O. The summed E-state index contributed by atoms with van der Waals surface area (Å²) in [4.78, 5) is 12.5. The minimum atomic E-state index is 0. The Balaban J connectivity index is 0.000000164. The van der Waals surface area contributed by atoms with Gasteiger partial charge in [-0.3, -0.25) is 0 Å². The minimum absolute atomic E-state index is 0. The van der Waals surface area contributed by atoms with Gasteiger partial charge in [0.2, 0.25) is 5.71 Å². The summed E-state index contributed by atoms with van der Waals surface area (Å²) < 4.78 is 5.87. The fourth-order valence-corrected chi connectivity index (χ4v) is 3.41. The van der Waals surface area contributed by atoms with E-state index < -0.39 is 0 Å². The second kappa shape index (κ2) is 9.77. The number of fused-ring (bicyclic) bond motifs is 3. The Morgan fingerprint density at radius 1 is 0.844 bits per heavy atom. The third-order valence-electron chi connectivity index (χ3n) is 4.87. The van der Waals surface area contributed by atoms with Gasteiger partial charge in [0.1, 0.15) is 0 Å². The van der Waals surface area contributed by atoms with E-state index >= 15 is 0 Å². The summed E-state index contributed by atoms with van der Waals surface area (Å²) in [6.07, 6.45) is 7.49. The molecule has 3 aromatic heterocycles. The van der Waals surface area contributed by atoms with Crippen molar-refractivity contribution in [2.24, 2.45) is 0 Å². The van der Waals surface area contributed by atoms with E-state index in [4.69, 9.17) is 4.42 Å². The molecule has 158 valence electrons. The van der Waals surface area contributed by atoms with E-state index in [0.717, 1.165) is 33.3 Å². The van der Waals surface area contributed by atoms with Crippen molar-refractivity contribution in [2.75, 3.05) is 11.9 Å². The van der Waals surface area contributed by atoms with Gasteiger partial charge in [-0.25, -0.2) is 4.98 Å². The molecule has 0 saturated carbocycles. The predicted molar refractivity (Wildman–Crippen MR) is 123 cm³/mol. The van der Waals surface area contributed by atoms with E-state index in [-0.39, 0.29) is 20.1 Å². The normalized spacial score (nSPS) is 12.5. The zero-order chi connectivity index (χ0) is 21.0. The molecule has 6 rings (SSSR count). The topological polar surface area (TPSA) is 45.4 Å². The van der Waals surface area contributed by atoms with Gasteiger partial charge in [0, 0.05) is 23.4 Å². The number of aromatic nitrogens is 2. The minimum Gasteiger partial charge on any atom is -0.510 e. The number of hydrogen-bond acceptors (Lipinski definition) is 5. The van der Waals surface area contributed by atoms with Gasteiger partial charge in [0.05, 0.1) is 0 Å². The maximum Gasteiger partial charge on any atom is 3.00 e. The summed E-state index contributed by atoms with van der Waals surface area (Å²) in [7, 11) is 1.98. The summed E-state index contributed by atoms with van der Waals surface area (Å²) in [5.74, 6) is 0. The van der Waals surface area contributed by atoms with Gasteiger partial charge in [-0.2, -0.15) is 24.9 Å². The maximum atomic E-state index is 5.87. The number of nitrogens with zero attached hydrogens (tertiary/aromatic N) is 4. The Hall–Kier alpha value is -3.47. The van der Waals surface area contributed by atoms with Crippen molar-refractivity contribution in [1.29, 1.82) is 0 Å². The molecule has 6 heteroatoms. The first-order valence-electron chi connectivity index (χ1n) is 9.89. The second-order valence-electron chi connectivity index (χ2n) is 7.00. The molecule has 32 heavy (non-hydrogen) atoms. The summed E-state index contributed by atoms with van der Waals surface area (Å²) in [5.41, 5.74) is 4.38. The van der Waals surface area contributed by atoms with Crippen molar-refractivity contribution in [3.8, 4) is 11.3 Å². The van der Waals surface area contributed by atoms with Crippen LogP contribution >= 0.6 is 0 Å². The summed E-state index contributed by atoms with van der Waals surface area (Å²) in [6.45, 7) is 1.98. The van der Waals surface area contributed by atoms with Crippen molar-refractivity contribution in [2.45, 2.75) is 0 Å². The fourth-order valence-electron chi connectivity index (χ4n) is 3.41. The third-order valence-corrected chi connectivity index (χ3v) is 4.87. The van der Waals surface area contributed by atoms with Crippen LogP contribution in [0.15, 0.2) is 95.9 Å². The van der Waals surface area contributed by atoms with Gasteiger partial charge < -0.3 is 19.2 Å². The largest absolute Gasteiger partial charge is 3.00 e. The molecular weight excluding hydrogens is 577 g/mol. The van der Waals surface area contributed by atoms with Crippen LogP contribution in [0.1, 0.15) is 0 Å². The SMILES string of the molecule is CN1C=CN(c2[c-]ccc3c2oc2ncccc23)[CH-]1.[Ir+3].[c-]1ccccc1-c1ccccn1. The average Bonchev–Trinajstić information content (AvgIpc) is 3.44. The molecule has 2 aromatic carbocycles. The van der Waals surface area contributed by atoms with E-state index in [2.05, 4.69) is 22.1 Å². The molecule has 1 aliphatic heterocycles. The predicted octanol–water partition coefficient (Wildman–Crippen LogP) is 5.67. The molecule has 0 radical (unpaired) electrons. The monoisotopic (exact) mass is 596 g/mol. The van der Waals surface area contributed by atoms with E-state index in [0.29, 0.717) is 5.71 Å². The van der Waals surface area contributed by atoms with Crippen LogP contribution in [0, 0.1) is 18.8 Å². The zero-order valence-corrected chi connectivity index (χ0v) is 19.7. The Morgan fingerprint density at radius 3 is 2.47 bits per heavy atom.